The summed E-state index contributed by atoms with van der Waals surface area (Å²) >= 11 is 0. The molecule has 4 nitrogen and oxygen atoms in total. The first-order valence-corrected chi connectivity index (χ1v) is 3.96. The topological polar surface area (TPSA) is 80.4 Å². The maximum absolute atomic E-state index is 11.0. The van der Waals surface area contributed by atoms with Gasteiger partial charge in [-0.3, -0.25) is 9.59 Å². The number of hydrogen-bond acceptors (Lipinski definition) is 3. The first-order valence-electron chi connectivity index (χ1n) is 3.96. The standard InChI is InChI=1S/C8H15NO3/c1-5(2)7(10)4-3-6(9)8(11)12/h5-6H,3-4,9H2,1-2H3,(H,11,12)/t6-/m0/s1. The van der Waals surface area contributed by atoms with Crippen molar-refractivity contribution in [1.82, 2.24) is 0 Å². The summed E-state index contributed by atoms with van der Waals surface area (Å²) in [6, 6.07) is -0.910. The maximum atomic E-state index is 11.0. The number of nitrogens with two attached hydrogens (primary N) is 1. The second kappa shape index (κ2) is 4.87. The minimum absolute atomic E-state index is 0.0361. The van der Waals surface area contributed by atoms with Crippen molar-refractivity contribution in [2.75, 3.05) is 0 Å². The molecule has 0 heterocycles. The fourth-order valence-corrected chi connectivity index (χ4v) is 0.710. The Morgan fingerprint density at radius 3 is 2.25 bits per heavy atom. The van der Waals surface area contributed by atoms with Crippen molar-refractivity contribution in [3.63, 3.8) is 0 Å². The molecule has 70 valence electrons. The van der Waals surface area contributed by atoms with Gasteiger partial charge in [-0.05, 0) is 6.42 Å². The molecule has 0 amide bonds. The summed E-state index contributed by atoms with van der Waals surface area (Å²) in [7, 11) is 0. The Hall–Kier alpha value is -0.900. The molecule has 0 fully saturated rings. The summed E-state index contributed by atoms with van der Waals surface area (Å²) in [5.74, 6) is -1.02. The fraction of sp³-hybridized carbons (Fsp3) is 0.750. The van der Waals surface area contributed by atoms with Crippen LogP contribution in [0.25, 0.3) is 0 Å². The van der Waals surface area contributed by atoms with Crippen LogP contribution in [0.4, 0.5) is 0 Å². The van der Waals surface area contributed by atoms with E-state index in [1.807, 2.05) is 0 Å². The highest BCUT2D eigenvalue weighted by Gasteiger charge is 2.14. The summed E-state index contributed by atoms with van der Waals surface area (Å²) in [6.45, 7) is 3.57. The molecule has 0 rings (SSSR count). The molecule has 0 saturated carbocycles. The lowest BCUT2D eigenvalue weighted by molar-refractivity contribution is -0.138. The molecule has 0 unspecified atom stereocenters. The summed E-state index contributed by atoms with van der Waals surface area (Å²) in [4.78, 5) is 21.3. The summed E-state index contributed by atoms with van der Waals surface area (Å²) in [5.41, 5.74) is 5.21. The van der Waals surface area contributed by atoms with E-state index >= 15 is 0 Å². The van der Waals surface area contributed by atoms with E-state index in [0.717, 1.165) is 0 Å². The van der Waals surface area contributed by atoms with Gasteiger partial charge >= 0.3 is 5.97 Å². The van der Waals surface area contributed by atoms with Crippen LogP contribution in [0.15, 0.2) is 0 Å². The maximum Gasteiger partial charge on any atom is 0.320 e. The Morgan fingerprint density at radius 1 is 1.42 bits per heavy atom. The molecule has 0 aliphatic rings. The Morgan fingerprint density at radius 2 is 1.92 bits per heavy atom. The average molecular weight is 173 g/mol. The van der Waals surface area contributed by atoms with Crippen molar-refractivity contribution in [3.05, 3.63) is 0 Å². The molecule has 12 heavy (non-hydrogen) atoms. The second-order valence-electron chi connectivity index (χ2n) is 3.10. The van der Waals surface area contributed by atoms with Gasteiger partial charge in [0.15, 0.2) is 0 Å². The van der Waals surface area contributed by atoms with Gasteiger partial charge in [0, 0.05) is 12.3 Å². The minimum Gasteiger partial charge on any atom is -0.480 e. The first-order chi connectivity index (χ1) is 5.45. The highest BCUT2D eigenvalue weighted by atomic mass is 16.4. The molecule has 0 aliphatic heterocycles. The van der Waals surface area contributed by atoms with Gasteiger partial charge in [0.1, 0.15) is 11.8 Å². The highest BCUT2D eigenvalue weighted by Crippen LogP contribution is 2.03. The monoisotopic (exact) mass is 173 g/mol. The van der Waals surface area contributed by atoms with Gasteiger partial charge < -0.3 is 10.8 Å². The van der Waals surface area contributed by atoms with E-state index in [2.05, 4.69) is 0 Å². The molecule has 4 heteroatoms. The molecular formula is C8H15NO3. The van der Waals surface area contributed by atoms with Crippen molar-refractivity contribution in [2.45, 2.75) is 32.7 Å². The number of Topliss-reactive ketones (excluding diaryl/α,β-unsaturated/α-hetero) is 1. The van der Waals surface area contributed by atoms with Gasteiger partial charge in [-0.1, -0.05) is 13.8 Å². The van der Waals surface area contributed by atoms with E-state index in [-0.39, 0.29) is 24.5 Å². The molecule has 0 radical (unpaired) electrons. The summed E-state index contributed by atoms with van der Waals surface area (Å²) < 4.78 is 0. The highest BCUT2D eigenvalue weighted by molar-refractivity contribution is 5.81. The zero-order chi connectivity index (χ0) is 9.72. The largest absolute Gasteiger partial charge is 0.480 e. The third-order valence-corrected chi connectivity index (χ3v) is 1.66. The number of ketones is 1. The first kappa shape index (κ1) is 11.1. The lowest BCUT2D eigenvalue weighted by Gasteiger charge is -2.06. The van der Waals surface area contributed by atoms with E-state index in [0.29, 0.717) is 0 Å². The van der Waals surface area contributed by atoms with Crippen LogP contribution in [0, 0.1) is 5.92 Å². The molecule has 0 spiro atoms. The third-order valence-electron chi connectivity index (χ3n) is 1.66. The zero-order valence-corrected chi connectivity index (χ0v) is 7.41. The summed E-state index contributed by atoms with van der Waals surface area (Å²) in [6.07, 6.45) is 0.484. The molecule has 0 bridgehead atoms. The van der Waals surface area contributed by atoms with Crippen LogP contribution in [0.3, 0.4) is 0 Å². The Bertz CT molecular complexity index is 177. The Balaban J connectivity index is 3.69. The van der Waals surface area contributed by atoms with E-state index < -0.39 is 12.0 Å². The van der Waals surface area contributed by atoms with Crippen LogP contribution >= 0.6 is 0 Å². The molecular weight excluding hydrogens is 158 g/mol. The quantitative estimate of drug-likeness (QED) is 0.630. The van der Waals surface area contributed by atoms with Gasteiger partial charge in [-0.2, -0.15) is 0 Å². The van der Waals surface area contributed by atoms with E-state index in [1.165, 1.54) is 0 Å². The lowest BCUT2D eigenvalue weighted by Crippen LogP contribution is -2.30. The van der Waals surface area contributed by atoms with Gasteiger partial charge in [-0.25, -0.2) is 0 Å². The van der Waals surface area contributed by atoms with Crippen molar-refractivity contribution in [3.8, 4) is 0 Å². The van der Waals surface area contributed by atoms with Crippen LogP contribution < -0.4 is 5.73 Å². The number of aliphatic carboxylic acids is 1. The van der Waals surface area contributed by atoms with Crippen LogP contribution in [-0.2, 0) is 9.59 Å². The van der Waals surface area contributed by atoms with Crippen molar-refractivity contribution < 1.29 is 14.7 Å². The number of carbonyl (C=O) groups excluding carboxylic acids is 1. The predicted molar refractivity (Wildman–Crippen MR) is 44.7 cm³/mol. The van der Waals surface area contributed by atoms with E-state index in [9.17, 15) is 9.59 Å². The van der Waals surface area contributed by atoms with Crippen LogP contribution in [-0.4, -0.2) is 22.9 Å². The summed E-state index contributed by atoms with van der Waals surface area (Å²) in [5, 5.41) is 8.40. The molecule has 0 aliphatic carbocycles. The van der Waals surface area contributed by atoms with Gasteiger partial charge in [0.05, 0.1) is 0 Å². The van der Waals surface area contributed by atoms with Crippen molar-refractivity contribution in [1.29, 1.82) is 0 Å². The van der Waals surface area contributed by atoms with Crippen LogP contribution in [0.5, 0.6) is 0 Å². The number of rotatable bonds is 5. The molecule has 0 aromatic heterocycles. The third kappa shape index (κ3) is 4.08. The molecule has 3 N–H and O–H groups in total. The van der Waals surface area contributed by atoms with Gasteiger partial charge in [0.2, 0.25) is 0 Å². The van der Waals surface area contributed by atoms with Gasteiger partial charge in [0.25, 0.3) is 0 Å². The number of carboxylic acids is 1. The molecule has 0 saturated heterocycles. The minimum atomic E-state index is -1.05. The predicted octanol–water partition coefficient (Wildman–Crippen LogP) is 0.404. The lowest BCUT2D eigenvalue weighted by atomic mass is 10.0. The fourth-order valence-electron chi connectivity index (χ4n) is 0.710. The number of carboxylic acid groups (broad SMARTS) is 1. The van der Waals surface area contributed by atoms with Crippen LogP contribution in [0.2, 0.25) is 0 Å². The molecule has 0 aromatic carbocycles. The average Bonchev–Trinajstić information content (AvgIpc) is 1.98. The van der Waals surface area contributed by atoms with E-state index in [1.54, 1.807) is 13.8 Å². The SMILES string of the molecule is CC(C)C(=O)CC[C@H](N)C(=O)O. The van der Waals surface area contributed by atoms with E-state index in [4.69, 9.17) is 10.8 Å². The van der Waals surface area contributed by atoms with Crippen LogP contribution in [0.1, 0.15) is 26.7 Å². The Kier molecular flexibility index (Phi) is 4.51. The number of hydrogen-bond donors (Lipinski definition) is 2. The number of carbonyl (C=O) groups is 2. The zero-order valence-electron chi connectivity index (χ0n) is 7.41. The van der Waals surface area contributed by atoms with Crippen molar-refractivity contribution in [2.24, 2.45) is 11.7 Å². The molecule has 1 atom stereocenters. The van der Waals surface area contributed by atoms with Gasteiger partial charge in [-0.15, -0.1) is 0 Å². The van der Waals surface area contributed by atoms with Crippen molar-refractivity contribution >= 4 is 11.8 Å². The smallest absolute Gasteiger partial charge is 0.320 e. The second-order valence-corrected chi connectivity index (χ2v) is 3.10. The Labute approximate surface area is 71.8 Å². The normalized spacial score (nSPS) is 13.0. The molecule has 0 aromatic rings.